The van der Waals surface area contributed by atoms with Crippen molar-refractivity contribution in [3.63, 3.8) is 0 Å². The van der Waals surface area contributed by atoms with Gasteiger partial charge in [-0.1, -0.05) is 26.0 Å². The third-order valence-electron chi connectivity index (χ3n) is 5.74. The number of carbonyl (C=O) groups is 3. The molecular weight excluding hydrogens is 304 g/mol. The van der Waals surface area contributed by atoms with E-state index in [1.807, 2.05) is 4.90 Å². The Balaban J connectivity index is 1.63. The largest absolute Gasteiger partial charge is 0.343 e. The molecule has 0 radical (unpaired) electrons. The van der Waals surface area contributed by atoms with E-state index in [4.69, 9.17) is 0 Å². The molecule has 4 aliphatic rings. The Hall–Kier alpha value is -1.65. The molecule has 1 aliphatic heterocycles. The second-order valence-corrected chi connectivity index (χ2v) is 7.30. The molecule has 5 heteroatoms. The maximum atomic E-state index is 12.7. The highest BCUT2D eigenvalue weighted by atomic mass is 16.2. The van der Waals surface area contributed by atoms with Crippen LogP contribution in [0.2, 0.25) is 0 Å². The van der Waals surface area contributed by atoms with Crippen LogP contribution in [0, 0.1) is 23.7 Å². The second-order valence-electron chi connectivity index (χ2n) is 7.30. The van der Waals surface area contributed by atoms with Gasteiger partial charge in [-0.25, -0.2) is 0 Å². The number of hydrogen-bond donors (Lipinski definition) is 0. The van der Waals surface area contributed by atoms with E-state index in [1.165, 1.54) is 4.90 Å². The number of rotatable bonds is 7. The molecular formula is C19H28N2O3. The van der Waals surface area contributed by atoms with Crippen molar-refractivity contribution in [2.45, 2.75) is 46.0 Å². The molecule has 3 amide bonds. The Bertz CT molecular complexity index is 519. The number of likely N-dealkylation sites (tertiary alicyclic amines) is 1. The SMILES string of the molecule is CCCN(CCC)C(=O)CCN1C(=O)[C@H]2[C@H](C1=O)[C@H]1C=C[C@H]2CC1. The summed E-state index contributed by atoms with van der Waals surface area (Å²) in [5.74, 6) is 0.0548. The van der Waals surface area contributed by atoms with Crippen LogP contribution in [0.4, 0.5) is 0 Å². The molecule has 4 rings (SSSR count). The van der Waals surface area contributed by atoms with Gasteiger partial charge in [0.05, 0.1) is 11.8 Å². The second kappa shape index (κ2) is 7.08. The van der Waals surface area contributed by atoms with Crippen molar-refractivity contribution in [1.82, 2.24) is 9.80 Å². The van der Waals surface area contributed by atoms with E-state index in [0.717, 1.165) is 38.8 Å². The van der Waals surface area contributed by atoms with Gasteiger partial charge in [-0.2, -0.15) is 0 Å². The molecule has 5 nitrogen and oxygen atoms in total. The van der Waals surface area contributed by atoms with E-state index in [-0.39, 0.29) is 54.4 Å². The van der Waals surface area contributed by atoms with E-state index in [2.05, 4.69) is 26.0 Å². The number of allylic oxidation sites excluding steroid dienone is 2. The molecule has 1 saturated carbocycles. The molecule has 0 aromatic rings. The number of carbonyl (C=O) groups excluding carboxylic acids is 3. The fourth-order valence-electron chi connectivity index (χ4n) is 4.62. The summed E-state index contributed by atoms with van der Waals surface area (Å²) in [6, 6.07) is 0. The molecule has 1 heterocycles. The zero-order chi connectivity index (χ0) is 17.3. The molecule has 2 fully saturated rings. The highest BCUT2D eigenvalue weighted by Gasteiger charge is 2.56. The first-order chi connectivity index (χ1) is 11.6. The van der Waals surface area contributed by atoms with Crippen molar-refractivity contribution < 1.29 is 14.4 Å². The van der Waals surface area contributed by atoms with Gasteiger partial charge in [0, 0.05) is 26.1 Å². The van der Waals surface area contributed by atoms with E-state index < -0.39 is 0 Å². The number of fused-ring (bicyclic) bond motifs is 1. The lowest BCUT2D eigenvalue weighted by atomic mass is 9.63. The smallest absolute Gasteiger partial charge is 0.233 e. The van der Waals surface area contributed by atoms with Crippen LogP contribution in [0.15, 0.2) is 12.2 Å². The first kappa shape index (κ1) is 17.2. The summed E-state index contributed by atoms with van der Waals surface area (Å²) in [4.78, 5) is 41.1. The van der Waals surface area contributed by atoms with Crippen molar-refractivity contribution >= 4 is 17.7 Å². The maximum absolute atomic E-state index is 12.7. The van der Waals surface area contributed by atoms with Crippen molar-refractivity contribution in [2.24, 2.45) is 23.7 Å². The number of amides is 3. The van der Waals surface area contributed by atoms with Crippen molar-refractivity contribution in [3.8, 4) is 0 Å². The van der Waals surface area contributed by atoms with Gasteiger partial charge in [0.1, 0.15) is 0 Å². The third-order valence-corrected chi connectivity index (χ3v) is 5.74. The zero-order valence-electron chi connectivity index (χ0n) is 14.7. The summed E-state index contributed by atoms with van der Waals surface area (Å²) >= 11 is 0. The summed E-state index contributed by atoms with van der Waals surface area (Å²) < 4.78 is 0. The summed E-state index contributed by atoms with van der Waals surface area (Å²) in [6.45, 7) is 5.84. The number of hydrogen-bond acceptors (Lipinski definition) is 3. The maximum Gasteiger partial charge on any atom is 0.233 e. The first-order valence-electron chi connectivity index (χ1n) is 9.39. The molecule has 0 N–H and O–H groups in total. The standard InChI is InChI=1S/C19H28N2O3/c1-3-10-20(11-4-2)15(22)9-12-21-18(23)16-13-5-6-14(8-7-13)17(16)19(21)24/h5-6,13-14,16-17H,3-4,7-12H2,1-2H3/t13-,14-,16+,17+/m0/s1. The molecule has 1 saturated heterocycles. The highest BCUT2D eigenvalue weighted by Crippen LogP contribution is 2.49. The van der Waals surface area contributed by atoms with E-state index in [9.17, 15) is 14.4 Å². The molecule has 0 aromatic heterocycles. The minimum absolute atomic E-state index is 0.0469. The van der Waals surface area contributed by atoms with Crippen molar-refractivity contribution in [3.05, 3.63) is 12.2 Å². The van der Waals surface area contributed by atoms with Crippen LogP contribution in [0.5, 0.6) is 0 Å². The predicted octanol–water partition coefficient (Wildman–Crippen LogP) is 2.22. The third kappa shape index (κ3) is 2.89. The molecule has 0 unspecified atom stereocenters. The van der Waals surface area contributed by atoms with Crippen LogP contribution in [0.1, 0.15) is 46.0 Å². The summed E-state index contributed by atoms with van der Waals surface area (Å²) in [5, 5.41) is 0. The van der Waals surface area contributed by atoms with Gasteiger partial charge in [0.2, 0.25) is 17.7 Å². The van der Waals surface area contributed by atoms with Crippen LogP contribution >= 0.6 is 0 Å². The Kier molecular flexibility index (Phi) is 5.07. The average molecular weight is 332 g/mol. The number of imide groups is 1. The quantitative estimate of drug-likeness (QED) is 0.530. The predicted molar refractivity (Wildman–Crippen MR) is 90.8 cm³/mol. The fraction of sp³-hybridized carbons (Fsp3) is 0.737. The Labute approximate surface area is 144 Å². The lowest BCUT2D eigenvalue weighted by molar-refractivity contribution is -0.141. The fourth-order valence-corrected chi connectivity index (χ4v) is 4.62. The summed E-state index contributed by atoms with van der Waals surface area (Å²) in [6.07, 6.45) is 8.36. The van der Waals surface area contributed by atoms with Crippen LogP contribution in [0.25, 0.3) is 0 Å². The van der Waals surface area contributed by atoms with Crippen LogP contribution in [0.3, 0.4) is 0 Å². The number of nitrogens with zero attached hydrogens (tertiary/aromatic N) is 2. The minimum atomic E-state index is -0.168. The lowest BCUT2D eigenvalue weighted by Crippen LogP contribution is -2.38. The van der Waals surface area contributed by atoms with Gasteiger partial charge in [-0.3, -0.25) is 19.3 Å². The summed E-state index contributed by atoms with van der Waals surface area (Å²) in [7, 11) is 0. The van der Waals surface area contributed by atoms with Gasteiger partial charge in [0.15, 0.2) is 0 Å². The van der Waals surface area contributed by atoms with E-state index in [0.29, 0.717) is 0 Å². The molecule has 4 atom stereocenters. The zero-order valence-corrected chi connectivity index (χ0v) is 14.7. The van der Waals surface area contributed by atoms with E-state index in [1.54, 1.807) is 0 Å². The molecule has 24 heavy (non-hydrogen) atoms. The van der Waals surface area contributed by atoms with Crippen molar-refractivity contribution in [2.75, 3.05) is 19.6 Å². The van der Waals surface area contributed by atoms with Crippen LogP contribution < -0.4 is 0 Å². The van der Waals surface area contributed by atoms with Crippen LogP contribution in [-0.2, 0) is 14.4 Å². The molecule has 2 bridgehead atoms. The lowest BCUT2D eigenvalue weighted by Gasteiger charge is -2.38. The first-order valence-corrected chi connectivity index (χ1v) is 9.39. The highest BCUT2D eigenvalue weighted by molar-refractivity contribution is 6.06. The minimum Gasteiger partial charge on any atom is -0.343 e. The van der Waals surface area contributed by atoms with Crippen LogP contribution in [-0.4, -0.2) is 47.2 Å². The average Bonchev–Trinajstić information content (AvgIpc) is 2.87. The van der Waals surface area contributed by atoms with Gasteiger partial charge < -0.3 is 4.90 Å². The topological polar surface area (TPSA) is 57.7 Å². The van der Waals surface area contributed by atoms with Gasteiger partial charge in [0.25, 0.3) is 0 Å². The Morgan fingerprint density at radius 1 is 1.04 bits per heavy atom. The van der Waals surface area contributed by atoms with Gasteiger partial charge in [-0.15, -0.1) is 0 Å². The Morgan fingerprint density at radius 3 is 1.96 bits per heavy atom. The van der Waals surface area contributed by atoms with Gasteiger partial charge >= 0.3 is 0 Å². The van der Waals surface area contributed by atoms with E-state index >= 15 is 0 Å². The normalized spacial score (nSPS) is 30.8. The molecule has 0 aromatic carbocycles. The monoisotopic (exact) mass is 332 g/mol. The van der Waals surface area contributed by atoms with Gasteiger partial charge in [-0.05, 0) is 37.5 Å². The van der Waals surface area contributed by atoms with Crippen molar-refractivity contribution in [1.29, 1.82) is 0 Å². The Morgan fingerprint density at radius 2 is 1.54 bits per heavy atom. The summed E-state index contributed by atoms with van der Waals surface area (Å²) in [5.41, 5.74) is 0. The molecule has 0 spiro atoms. The molecule has 132 valence electrons. The molecule has 3 aliphatic carbocycles.